The van der Waals surface area contributed by atoms with Gasteiger partial charge in [-0.25, -0.2) is 0 Å². The molecule has 0 saturated carbocycles. The van der Waals surface area contributed by atoms with Crippen LogP contribution in [0.1, 0.15) is 33.9 Å². The van der Waals surface area contributed by atoms with E-state index in [1.165, 1.54) is 12.1 Å². The Morgan fingerprint density at radius 2 is 1.73 bits per heavy atom. The molecule has 0 radical (unpaired) electrons. The Kier molecular flexibility index (Phi) is 5.61. The summed E-state index contributed by atoms with van der Waals surface area (Å²) in [7, 11) is 0. The molecular weight excluding hydrogens is 361 g/mol. The first-order chi connectivity index (χ1) is 12.3. The first-order valence-electron chi connectivity index (χ1n) is 8.66. The van der Waals surface area contributed by atoms with Crippen molar-refractivity contribution in [1.82, 2.24) is 10.2 Å². The summed E-state index contributed by atoms with van der Waals surface area (Å²) in [6.45, 7) is 7.21. The highest BCUT2D eigenvalue weighted by Gasteiger charge is 2.35. The van der Waals surface area contributed by atoms with Crippen molar-refractivity contribution in [2.75, 3.05) is 26.2 Å². The molecule has 1 heterocycles. The van der Waals surface area contributed by atoms with Crippen molar-refractivity contribution in [2.24, 2.45) is 0 Å². The standard InChI is InChI=1S/C20H22ClF3N2/c1-13-3-4-14(2)16(11-13)19(26-9-7-25-8-10-26)15-5-6-18(21)17(12-15)20(22,23)24/h3-6,11-12,19,25H,7-10H2,1-2H3. The Bertz CT molecular complexity index is 783. The van der Waals surface area contributed by atoms with Crippen molar-refractivity contribution >= 4 is 11.6 Å². The number of alkyl halides is 3. The normalized spacial score (nSPS) is 17.3. The van der Waals surface area contributed by atoms with Gasteiger partial charge in [0, 0.05) is 26.2 Å². The van der Waals surface area contributed by atoms with Crippen LogP contribution < -0.4 is 5.32 Å². The van der Waals surface area contributed by atoms with Crippen molar-refractivity contribution in [3.05, 3.63) is 69.2 Å². The lowest BCUT2D eigenvalue weighted by atomic mass is 9.91. The van der Waals surface area contributed by atoms with E-state index in [1.54, 1.807) is 6.07 Å². The molecule has 1 aliphatic rings. The molecule has 1 saturated heterocycles. The van der Waals surface area contributed by atoms with Crippen LogP contribution in [-0.4, -0.2) is 31.1 Å². The first kappa shape index (κ1) is 19.2. The number of nitrogens with one attached hydrogen (secondary N) is 1. The minimum absolute atomic E-state index is 0.227. The lowest BCUT2D eigenvalue weighted by Crippen LogP contribution is -2.45. The quantitative estimate of drug-likeness (QED) is 0.806. The summed E-state index contributed by atoms with van der Waals surface area (Å²) in [6, 6.07) is 10.2. The van der Waals surface area contributed by atoms with Crippen LogP contribution in [0.4, 0.5) is 13.2 Å². The zero-order valence-electron chi connectivity index (χ0n) is 14.8. The second kappa shape index (κ2) is 7.59. The Morgan fingerprint density at radius 3 is 2.38 bits per heavy atom. The molecule has 2 aromatic carbocycles. The fourth-order valence-electron chi connectivity index (χ4n) is 3.51. The molecule has 2 nitrogen and oxygen atoms in total. The minimum Gasteiger partial charge on any atom is -0.314 e. The summed E-state index contributed by atoms with van der Waals surface area (Å²) in [6.07, 6.45) is -4.47. The predicted molar refractivity (Wildman–Crippen MR) is 98.7 cm³/mol. The molecule has 0 aliphatic carbocycles. The summed E-state index contributed by atoms with van der Waals surface area (Å²) in [5, 5.41) is 3.04. The van der Waals surface area contributed by atoms with E-state index in [1.807, 2.05) is 26.0 Å². The highest BCUT2D eigenvalue weighted by Crippen LogP contribution is 2.39. The number of piperazine rings is 1. The van der Waals surface area contributed by atoms with Gasteiger partial charge in [-0.05, 0) is 42.7 Å². The second-order valence-corrected chi connectivity index (χ2v) is 7.19. The maximum absolute atomic E-state index is 13.4. The third kappa shape index (κ3) is 4.05. The number of benzene rings is 2. The van der Waals surface area contributed by atoms with Gasteiger partial charge in [-0.1, -0.05) is 41.4 Å². The van der Waals surface area contributed by atoms with Gasteiger partial charge in [-0.2, -0.15) is 13.2 Å². The number of halogens is 4. The molecule has 1 aliphatic heterocycles. The summed E-state index contributed by atoms with van der Waals surface area (Å²) >= 11 is 5.83. The van der Waals surface area contributed by atoms with Crippen molar-refractivity contribution < 1.29 is 13.2 Å². The summed E-state index contributed by atoms with van der Waals surface area (Å²) in [5.74, 6) is 0. The molecule has 26 heavy (non-hydrogen) atoms. The zero-order valence-corrected chi connectivity index (χ0v) is 15.6. The highest BCUT2D eigenvalue weighted by atomic mass is 35.5. The van der Waals surface area contributed by atoms with Crippen molar-refractivity contribution in [2.45, 2.75) is 26.1 Å². The van der Waals surface area contributed by atoms with E-state index in [-0.39, 0.29) is 11.1 Å². The second-order valence-electron chi connectivity index (χ2n) is 6.79. The van der Waals surface area contributed by atoms with Gasteiger partial charge in [0.2, 0.25) is 0 Å². The van der Waals surface area contributed by atoms with Crippen LogP contribution in [0.2, 0.25) is 5.02 Å². The fraction of sp³-hybridized carbons (Fsp3) is 0.400. The van der Waals surface area contributed by atoms with Gasteiger partial charge in [0.15, 0.2) is 0 Å². The Labute approximate surface area is 157 Å². The number of aryl methyl sites for hydroxylation is 2. The van der Waals surface area contributed by atoms with E-state index in [2.05, 4.69) is 16.3 Å². The lowest BCUT2D eigenvalue weighted by Gasteiger charge is -2.36. The Balaban J connectivity index is 2.13. The van der Waals surface area contributed by atoms with Crippen LogP contribution in [0.15, 0.2) is 36.4 Å². The molecule has 0 bridgehead atoms. The first-order valence-corrected chi connectivity index (χ1v) is 9.04. The van der Waals surface area contributed by atoms with Crippen molar-refractivity contribution in [3.8, 4) is 0 Å². The lowest BCUT2D eigenvalue weighted by molar-refractivity contribution is -0.137. The molecule has 0 spiro atoms. The van der Waals surface area contributed by atoms with Gasteiger partial charge in [0.25, 0.3) is 0 Å². The van der Waals surface area contributed by atoms with E-state index < -0.39 is 11.7 Å². The third-order valence-electron chi connectivity index (χ3n) is 4.86. The number of rotatable bonds is 3. The van der Waals surface area contributed by atoms with E-state index in [0.717, 1.165) is 42.9 Å². The number of hydrogen-bond acceptors (Lipinski definition) is 2. The van der Waals surface area contributed by atoms with Crippen molar-refractivity contribution in [1.29, 1.82) is 0 Å². The third-order valence-corrected chi connectivity index (χ3v) is 5.19. The topological polar surface area (TPSA) is 15.3 Å². The molecular formula is C20H22ClF3N2. The van der Waals surface area contributed by atoms with Gasteiger partial charge in [-0.15, -0.1) is 0 Å². The van der Waals surface area contributed by atoms with E-state index >= 15 is 0 Å². The largest absolute Gasteiger partial charge is 0.417 e. The highest BCUT2D eigenvalue weighted by molar-refractivity contribution is 6.31. The average Bonchev–Trinajstić information content (AvgIpc) is 2.59. The monoisotopic (exact) mass is 382 g/mol. The molecule has 0 aromatic heterocycles. The van der Waals surface area contributed by atoms with Gasteiger partial charge >= 0.3 is 6.18 Å². The predicted octanol–water partition coefficient (Wildman–Crippen LogP) is 4.97. The van der Waals surface area contributed by atoms with Crippen molar-refractivity contribution in [3.63, 3.8) is 0 Å². The van der Waals surface area contributed by atoms with E-state index in [4.69, 9.17) is 11.6 Å². The molecule has 2 aromatic rings. The van der Waals surface area contributed by atoms with Crippen LogP contribution in [0, 0.1) is 13.8 Å². The maximum Gasteiger partial charge on any atom is 0.417 e. The van der Waals surface area contributed by atoms with Crippen LogP contribution >= 0.6 is 11.6 Å². The molecule has 1 N–H and O–H groups in total. The summed E-state index contributed by atoms with van der Waals surface area (Å²) < 4.78 is 40.1. The van der Waals surface area contributed by atoms with Gasteiger partial charge in [0.05, 0.1) is 16.6 Å². The molecule has 1 unspecified atom stereocenters. The Morgan fingerprint density at radius 1 is 1.04 bits per heavy atom. The molecule has 1 fully saturated rings. The molecule has 6 heteroatoms. The smallest absolute Gasteiger partial charge is 0.314 e. The summed E-state index contributed by atoms with van der Waals surface area (Å²) in [4.78, 5) is 2.24. The van der Waals surface area contributed by atoms with Crippen LogP contribution in [-0.2, 0) is 6.18 Å². The van der Waals surface area contributed by atoms with Gasteiger partial charge in [0.1, 0.15) is 0 Å². The van der Waals surface area contributed by atoms with Crippen LogP contribution in [0.3, 0.4) is 0 Å². The number of hydrogen-bond donors (Lipinski definition) is 1. The van der Waals surface area contributed by atoms with Crippen LogP contribution in [0.25, 0.3) is 0 Å². The molecule has 3 rings (SSSR count). The van der Waals surface area contributed by atoms with Gasteiger partial charge < -0.3 is 5.32 Å². The zero-order chi connectivity index (χ0) is 18.9. The summed E-state index contributed by atoms with van der Waals surface area (Å²) in [5.41, 5.74) is 3.06. The molecule has 140 valence electrons. The van der Waals surface area contributed by atoms with E-state index in [0.29, 0.717) is 5.56 Å². The van der Waals surface area contributed by atoms with E-state index in [9.17, 15) is 13.2 Å². The number of nitrogens with zero attached hydrogens (tertiary/aromatic N) is 1. The van der Waals surface area contributed by atoms with Gasteiger partial charge in [-0.3, -0.25) is 4.90 Å². The fourth-order valence-corrected chi connectivity index (χ4v) is 3.74. The molecule has 1 atom stereocenters. The SMILES string of the molecule is Cc1ccc(C)c(C(c2ccc(Cl)c(C(F)(F)F)c2)N2CCNCC2)c1. The maximum atomic E-state index is 13.4. The molecule has 0 amide bonds. The average molecular weight is 383 g/mol. The Hall–Kier alpha value is -1.56. The minimum atomic E-state index is -4.47. The van der Waals surface area contributed by atoms with Crippen LogP contribution in [0.5, 0.6) is 0 Å².